The number of nitrogens with one attached hydrogen (secondary N) is 1. The maximum atomic E-state index is 11.7. The van der Waals surface area contributed by atoms with Gasteiger partial charge in [-0.15, -0.1) is 0 Å². The summed E-state index contributed by atoms with van der Waals surface area (Å²) < 4.78 is 10.3. The molecule has 8 heteroatoms. The van der Waals surface area contributed by atoms with Crippen molar-refractivity contribution in [1.29, 1.82) is 0 Å². The highest BCUT2D eigenvalue weighted by Crippen LogP contribution is 2.27. The summed E-state index contributed by atoms with van der Waals surface area (Å²) in [5.41, 5.74) is 0. The first kappa shape index (κ1) is 19.5. The molecule has 2 amide bonds. The van der Waals surface area contributed by atoms with E-state index in [2.05, 4.69) is 5.32 Å². The van der Waals surface area contributed by atoms with E-state index in [4.69, 9.17) is 32.7 Å². The first-order valence-corrected chi connectivity index (χ1v) is 7.78. The summed E-state index contributed by atoms with van der Waals surface area (Å²) in [6.07, 6.45) is 0. The summed E-state index contributed by atoms with van der Waals surface area (Å²) in [5, 5.41) is 3.51. The summed E-state index contributed by atoms with van der Waals surface area (Å²) in [5.74, 6) is 0.0171. The normalized spacial score (nSPS) is 10.3. The van der Waals surface area contributed by atoms with E-state index in [1.54, 1.807) is 24.1 Å². The predicted molar refractivity (Wildman–Crippen MR) is 89.1 cm³/mol. The van der Waals surface area contributed by atoms with Crippen LogP contribution in [0.15, 0.2) is 18.2 Å². The van der Waals surface area contributed by atoms with Crippen LogP contribution in [-0.2, 0) is 14.3 Å². The highest BCUT2D eigenvalue weighted by atomic mass is 35.5. The highest BCUT2D eigenvalue weighted by molar-refractivity contribution is 6.35. The smallest absolute Gasteiger partial charge is 0.258 e. The van der Waals surface area contributed by atoms with E-state index in [0.717, 1.165) is 0 Å². The number of methoxy groups -OCH3 is 1. The van der Waals surface area contributed by atoms with Crippen molar-refractivity contribution in [3.63, 3.8) is 0 Å². The fourth-order valence-electron chi connectivity index (χ4n) is 1.75. The van der Waals surface area contributed by atoms with Crippen LogP contribution < -0.4 is 10.1 Å². The number of nitrogens with zero attached hydrogens (tertiary/aromatic N) is 1. The minimum atomic E-state index is -0.300. The quantitative estimate of drug-likeness (QED) is 0.729. The van der Waals surface area contributed by atoms with E-state index in [-0.39, 0.29) is 18.4 Å². The Morgan fingerprint density at radius 2 is 2.00 bits per heavy atom. The molecule has 23 heavy (non-hydrogen) atoms. The molecular weight excluding hydrogens is 343 g/mol. The van der Waals surface area contributed by atoms with Crippen molar-refractivity contribution < 1.29 is 19.1 Å². The van der Waals surface area contributed by atoms with Crippen molar-refractivity contribution in [1.82, 2.24) is 10.2 Å². The number of carbonyl (C=O) groups is 2. The fraction of sp³-hybridized carbons (Fsp3) is 0.467. The largest absolute Gasteiger partial charge is 0.482 e. The van der Waals surface area contributed by atoms with Gasteiger partial charge in [-0.3, -0.25) is 9.59 Å². The van der Waals surface area contributed by atoms with E-state index >= 15 is 0 Å². The van der Waals surface area contributed by atoms with Gasteiger partial charge in [-0.05, 0) is 18.2 Å². The first-order chi connectivity index (χ1) is 10.9. The van der Waals surface area contributed by atoms with Crippen LogP contribution in [0.1, 0.15) is 6.92 Å². The molecule has 0 spiro atoms. The van der Waals surface area contributed by atoms with Gasteiger partial charge in [0.05, 0.1) is 11.6 Å². The van der Waals surface area contributed by atoms with Gasteiger partial charge in [0.25, 0.3) is 5.91 Å². The van der Waals surface area contributed by atoms with Crippen LogP contribution in [0.2, 0.25) is 10.0 Å². The number of rotatable bonds is 9. The fourth-order valence-corrected chi connectivity index (χ4v) is 2.21. The lowest BCUT2D eigenvalue weighted by molar-refractivity contribution is -0.130. The zero-order chi connectivity index (χ0) is 17.2. The molecule has 0 heterocycles. The zero-order valence-corrected chi connectivity index (χ0v) is 14.6. The Hall–Kier alpha value is -1.50. The minimum Gasteiger partial charge on any atom is -0.482 e. The van der Waals surface area contributed by atoms with Gasteiger partial charge in [0.2, 0.25) is 5.91 Å². The van der Waals surface area contributed by atoms with Crippen molar-refractivity contribution in [2.75, 3.05) is 40.0 Å². The van der Waals surface area contributed by atoms with E-state index in [1.165, 1.54) is 13.0 Å². The number of halogens is 2. The van der Waals surface area contributed by atoms with Gasteiger partial charge < -0.3 is 19.7 Å². The van der Waals surface area contributed by atoms with Crippen LogP contribution in [-0.4, -0.2) is 56.7 Å². The first-order valence-electron chi connectivity index (χ1n) is 7.03. The third-order valence-corrected chi connectivity index (χ3v) is 3.50. The standard InChI is InChI=1S/C15H20Cl2N2O4/c1-11(20)19(7-8-22-2)6-5-18-15(21)10-23-14-4-3-12(16)9-13(14)17/h3-4,9H,5-8,10H2,1-2H3,(H,18,21). The average molecular weight is 363 g/mol. The molecule has 128 valence electrons. The van der Waals surface area contributed by atoms with Crippen molar-refractivity contribution in [2.24, 2.45) is 0 Å². The van der Waals surface area contributed by atoms with Crippen molar-refractivity contribution in [3.05, 3.63) is 28.2 Å². The zero-order valence-electron chi connectivity index (χ0n) is 13.1. The molecule has 6 nitrogen and oxygen atoms in total. The lowest BCUT2D eigenvalue weighted by atomic mass is 10.3. The summed E-state index contributed by atoms with van der Waals surface area (Å²) in [7, 11) is 1.57. The molecule has 0 saturated heterocycles. The van der Waals surface area contributed by atoms with Crippen molar-refractivity contribution in [2.45, 2.75) is 6.92 Å². The minimum absolute atomic E-state index is 0.0690. The van der Waals surface area contributed by atoms with Crippen LogP contribution in [0.4, 0.5) is 0 Å². The summed E-state index contributed by atoms with van der Waals surface area (Å²) >= 11 is 11.7. The maximum absolute atomic E-state index is 11.7. The van der Waals surface area contributed by atoms with Crippen molar-refractivity contribution in [3.8, 4) is 5.75 Å². The summed E-state index contributed by atoms with van der Waals surface area (Å²) in [4.78, 5) is 24.7. The lowest BCUT2D eigenvalue weighted by Crippen LogP contribution is -2.40. The maximum Gasteiger partial charge on any atom is 0.258 e. The molecule has 0 radical (unpaired) electrons. The Kier molecular flexibility index (Phi) is 8.76. The topological polar surface area (TPSA) is 67.9 Å². The van der Waals surface area contributed by atoms with Crippen molar-refractivity contribution >= 4 is 35.0 Å². The third-order valence-electron chi connectivity index (χ3n) is 2.97. The second kappa shape index (κ2) is 10.3. The second-order valence-electron chi connectivity index (χ2n) is 4.71. The SMILES string of the molecule is COCCN(CCNC(=O)COc1ccc(Cl)cc1Cl)C(C)=O. The number of hydrogen-bond acceptors (Lipinski definition) is 4. The molecule has 0 aliphatic carbocycles. The Labute approximate surface area is 145 Å². The van der Waals surface area contributed by atoms with E-state index in [0.29, 0.717) is 42.0 Å². The van der Waals surface area contributed by atoms with Crippen LogP contribution in [0.3, 0.4) is 0 Å². The molecule has 0 unspecified atom stereocenters. The number of ether oxygens (including phenoxy) is 2. The molecule has 0 saturated carbocycles. The van der Waals surface area contributed by atoms with Gasteiger partial charge in [-0.2, -0.15) is 0 Å². The van der Waals surface area contributed by atoms with Crippen LogP contribution in [0.5, 0.6) is 5.75 Å². The van der Waals surface area contributed by atoms with Gasteiger partial charge in [0.1, 0.15) is 5.75 Å². The Morgan fingerprint density at radius 1 is 1.26 bits per heavy atom. The Morgan fingerprint density at radius 3 is 2.61 bits per heavy atom. The molecule has 0 aliphatic heterocycles. The lowest BCUT2D eigenvalue weighted by Gasteiger charge is -2.20. The van der Waals surface area contributed by atoms with Gasteiger partial charge >= 0.3 is 0 Å². The van der Waals surface area contributed by atoms with E-state index < -0.39 is 0 Å². The van der Waals surface area contributed by atoms with E-state index in [1.807, 2.05) is 0 Å². The molecule has 1 aromatic rings. The second-order valence-corrected chi connectivity index (χ2v) is 5.56. The molecule has 1 aromatic carbocycles. The summed E-state index contributed by atoms with van der Waals surface area (Å²) in [6, 6.07) is 4.76. The molecule has 1 rings (SSSR count). The van der Waals surface area contributed by atoms with Gasteiger partial charge in [0, 0.05) is 38.7 Å². The third kappa shape index (κ3) is 7.54. The Bertz CT molecular complexity index is 540. The molecule has 0 bridgehead atoms. The van der Waals surface area contributed by atoms with Gasteiger partial charge in [-0.1, -0.05) is 23.2 Å². The monoisotopic (exact) mass is 362 g/mol. The predicted octanol–water partition coefficient (Wildman–Crippen LogP) is 1.98. The van der Waals surface area contributed by atoms with E-state index in [9.17, 15) is 9.59 Å². The highest BCUT2D eigenvalue weighted by Gasteiger charge is 2.10. The molecule has 1 N–H and O–H groups in total. The van der Waals surface area contributed by atoms with Crippen LogP contribution in [0, 0.1) is 0 Å². The number of hydrogen-bond donors (Lipinski definition) is 1. The molecule has 0 atom stereocenters. The summed E-state index contributed by atoms with van der Waals surface area (Å²) in [6.45, 7) is 2.99. The van der Waals surface area contributed by atoms with Crippen LogP contribution >= 0.6 is 23.2 Å². The molecule has 0 aromatic heterocycles. The molecule has 0 fully saturated rings. The average Bonchev–Trinajstić information content (AvgIpc) is 2.49. The molecular formula is C15H20Cl2N2O4. The number of carbonyl (C=O) groups excluding carboxylic acids is 2. The number of benzene rings is 1. The Balaban J connectivity index is 2.32. The molecule has 0 aliphatic rings. The number of amides is 2. The van der Waals surface area contributed by atoms with Gasteiger partial charge in [0.15, 0.2) is 6.61 Å². The van der Waals surface area contributed by atoms with Crippen LogP contribution in [0.25, 0.3) is 0 Å². The van der Waals surface area contributed by atoms with Gasteiger partial charge in [-0.25, -0.2) is 0 Å².